The number of benzene rings is 1. The van der Waals surface area contributed by atoms with E-state index < -0.39 is 9.84 Å². The SMILES string of the molecule is Cc1nn([C@@H]2CCS(=O)(=O)C2)c(C)c1C[NH+](C)Cc1ncc(-c2ccccc2)o1. The van der Waals surface area contributed by atoms with Gasteiger partial charge in [-0.1, -0.05) is 30.3 Å². The van der Waals surface area contributed by atoms with E-state index in [4.69, 9.17) is 4.42 Å². The lowest BCUT2D eigenvalue weighted by molar-refractivity contribution is -0.909. The predicted octanol–water partition coefficient (Wildman–Crippen LogP) is 1.73. The summed E-state index contributed by atoms with van der Waals surface area (Å²) in [7, 11) is -0.835. The Labute approximate surface area is 171 Å². The maximum atomic E-state index is 11.8. The molecule has 29 heavy (non-hydrogen) atoms. The molecule has 1 saturated heterocycles. The van der Waals surface area contributed by atoms with Crippen LogP contribution in [0.4, 0.5) is 0 Å². The van der Waals surface area contributed by atoms with Gasteiger partial charge in [-0.25, -0.2) is 13.4 Å². The topological polar surface area (TPSA) is 82.4 Å². The van der Waals surface area contributed by atoms with E-state index in [1.54, 1.807) is 6.20 Å². The molecule has 3 heterocycles. The van der Waals surface area contributed by atoms with Crippen LogP contribution in [0.3, 0.4) is 0 Å². The number of hydrogen-bond acceptors (Lipinski definition) is 5. The van der Waals surface area contributed by atoms with Gasteiger partial charge in [-0.3, -0.25) is 4.68 Å². The van der Waals surface area contributed by atoms with Crippen molar-refractivity contribution in [1.82, 2.24) is 14.8 Å². The van der Waals surface area contributed by atoms with E-state index >= 15 is 0 Å². The second-order valence-electron chi connectivity index (χ2n) is 7.95. The van der Waals surface area contributed by atoms with Crippen molar-refractivity contribution in [3.05, 3.63) is 59.4 Å². The highest BCUT2D eigenvalue weighted by atomic mass is 32.2. The highest BCUT2D eigenvalue weighted by molar-refractivity contribution is 7.91. The van der Waals surface area contributed by atoms with Gasteiger partial charge in [0.2, 0.25) is 0 Å². The minimum absolute atomic E-state index is 0.0482. The third kappa shape index (κ3) is 4.28. The van der Waals surface area contributed by atoms with Crippen LogP contribution in [-0.2, 0) is 22.9 Å². The average Bonchev–Trinajstić information content (AvgIpc) is 3.36. The summed E-state index contributed by atoms with van der Waals surface area (Å²) in [5.41, 5.74) is 4.20. The molecule has 4 rings (SSSR count). The number of quaternary nitrogens is 1. The molecule has 1 unspecified atom stereocenters. The number of nitrogens with zero attached hydrogens (tertiary/aromatic N) is 3. The van der Waals surface area contributed by atoms with Crippen LogP contribution in [-0.4, -0.2) is 41.7 Å². The molecule has 8 heteroatoms. The van der Waals surface area contributed by atoms with Crippen molar-refractivity contribution in [2.45, 2.75) is 39.4 Å². The Morgan fingerprint density at radius 2 is 1.97 bits per heavy atom. The first-order valence-corrected chi connectivity index (χ1v) is 11.7. The summed E-state index contributed by atoms with van der Waals surface area (Å²) in [6, 6.07) is 9.90. The number of sulfone groups is 1. The smallest absolute Gasteiger partial charge is 0.250 e. The first-order chi connectivity index (χ1) is 13.8. The molecule has 154 valence electrons. The first kappa shape index (κ1) is 19.8. The summed E-state index contributed by atoms with van der Waals surface area (Å²) in [6.45, 7) is 5.47. The molecule has 2 aromatic heterocycles. The van der Waals surface area contributed by atoms with E-state index in [2.05, 4.69) is 17.1 Å². The fourth-order valence-corrected chi connectivity index (χ4v) is 5.72. The molecule has 2 atom stereocenters. The molecule has 0 spiro atoms. The summed E-state index contributed by atoms with van der Waals surface area (Å²) in [4.78, 5) is 5.66. The molecule has 1 N–H and O–H groups in total. The molecule has 0 saturated carbocycles. The lowest BCUT2D eigenvalue weighted by Gasteiger charge is -2.14. The van der Waals surface area contributed by atoms with Gasteiger partial charge < -0.3 is 9.32 Å². The maximum Gasteiger partial charge on any atom is 0.250 e. The van der Waals surface area contributed by atoms with Crippen molar-refractivity contribution in [2.75, 3.05) is 18.6 Å². The normalized spacial score (nSPS) is 19.5. The molecular weight excluding hydrogens is 388 g/mol. The second-order valence-corrected chi connectivity index (χ2v) is 10.2. The van der Waals surface area contributed by atoms with E-state index in [1.807, 2.05) is 48.9 Å². The maximum absolute atomic E-state index is 11.8. The molecule has 1 aliphatic heterocycles. The molecule has 3 aromatic rings. The van der Waals surface area contributed by atoms with E-state index in [0.29, 0.717) is 18.9 Å². The molecule has 0 aliphatic carbocycles. The molecule has 7 nitrogen and oxygen atoms in total. The summed E-state index contributed by atoms with van der Waals surface area (Å²) in [6.07, 6.45) is 2.41. The van der Waals surface area contributed by atoms with Gasteiger partial charge in [0.15, 0.2) is 22.1 Å². The van der Waals surface area contributed by atoms with Gasteiger partial charge in [-0.05, 0) is 20.3 Å². The summed E-state index contributed by atoms with van der Waals surface area (Å²) in [5.74, 6) is 1.92. The Kier molecular flexibility index (Phi) is 5.31. The van der Waals surface area contributed by atoms with Gasteiger partial charge in [0.1, 0.15) is 6.54 Å². The Balaban J connectivity index is 1.45. The van der Waals surface area contributed by atoms with Gasteiger partial charge in [0, 0.05) is 11.3 Å². The van der Waals surface area contributed by atoms with Crippen LogP contribution in [0.15, 0.2) is 40.9 Å². The van der Waals surface area contributed by atoms with E-state index in [0.717, 1.165) is 29.3 Å². The highest BCUT2D eigenvalue weighted by Crippen LogP contribution is 2.26. The van der Waals surface area contributed by atoms with Crippen LogP contribution >= 0.6 is 0 Å². The standard InChI is InChI=1S/C21H26N4O3S/c1-15-19(16(2)25(23-15)18-9-10-29(26,27)14-18)12-24(3)13-21-22-11-20(28-21)17-7-5-4-6-8-17/h4-8,11,18H,9-10,12-14H2,1-3H3/p+1/t18-/m1/s1. The highest BCUT2D eigenvalue weighted by Gasteiger charge is 2.31. The Bertz CT molecular complexity index is 1100. The summed E-state index contributed by atoms with van der Waals surface area (Å²) in [5, 5.41) is 4.66. The largest absolute Gasteiger partial charge is 0.435 e. The van der Waals surface area contributed by atoms with Gasteiger partial charge in [-0.15, -0.1) is 0 Å². The van der Waals surface area contributed by atoms with Gasteiger partial charge in [-0.2, -0.15) is 5.10 Å². The van der Waals surface area contributed by atoms with Crippen LogP contribution in [0.25, 0.3) is 11.3 Å². The zero-order valence-corrected chi connectivity index (χ0v) is 17.9. The predicted molar refractivity (Wildman–Crippen MR) is 110 cm³/mol. The van der Waals surface area contributed by atoms with Gasteiger partial charge in [0.25, 0.3) is 5.89 Å². The summed E-state index contributed by atoms with van der Waals surface area (Å²) >= 11 is 0. The van der Waals surface area contributed by atoms with Crippen molar-refractivity contribution in [3.8, 4) is 11.3 Å². The Hall–Kier alpha value is -2.45. The zero-order chi connectivity index (χ0) is 20.6. The number of nitrogens with one attached hydrogen (secondary N) is 1. The molecule has 0 bridgehead atoms. The van der Waals surface area contributed by atoms with Crippen molar-refractivity contribution in [2.24, 2.45) is 0 Å². The monoisotopic (exact) mass is 415 g/mol. The molecule has 1 fully saturated rings. The van der Waals surface area contributed by atoms with E-state index in [-0.39, 0.29) is 17.5 Å². The first-order valence-electron chi connectivity index (χ1n) is 9.89. The van der Waals surface area contributed by atoms with Crippen molar-refractivity contribution < 1.29 is 17.7 Å². The van der Waals surface area contributed by atoms with Gasteiger partial charge >= 0.3 is 0 Å². The van der Waals surface area contributed by atoms with Crippen molar-refractivity contribution >= 4 is 9.84 Å². The fraction of sp³-hybridized carbons (Fsp3) is 0.429. The molecule has 0 amide bonds. The van der Waals surface area contributed by atoms with E-state index in [1.165, 1.54) is 10.5 Å². The quantitative estimate of drug-likeness (QED) is 0.663. The third-order valence-electron chi connectivity index (χ3n) is 5.57. The fourth-order valence-electron chi connectivity index (χ4n) is 4.03. The number of aryl methyl sites for hydroxylation is 1. The van der Waals surface area contributed by atoms with Crippen LogP contribution in [0.1, 0.15) is 35.3 Å². The second kappa shape index (κ2) is 7.76. The lowest BCUT2D eigenvalue weighted by atomic mass is 10.1. The van der Waals surface area contributed by atoms with Crippen LogP contribution in [0, 0.1) is 13.8 Å². The minimum Gasteiger partial charge on any atom is -0.435 e. The Morgan fingerprint density at radius 3 is 2.66 bits per heavy atom. The molecule has 0 radical (unpaired) electrons. The molecule has 1 aromatic carbocycles. The zero-order valence-electron chi connectivity index (χ0n) is 17.1. The average molecular weight is 416 g/mol. The van der Waals surface area contributed by atoms with Crippen LogP contribution in [0.2, 0.25) is 0 Å². The number of rotatable bonds is 6. The number of aromatic nitrogens is 3. The van der Waals surface area contributed by atoms with Gasteiger partial charge in [0.05, 0.1) is 42.0 Å². The van der Waals surface area contributed by atoms with Crippen molar-refractivity contribution in [3.63, 3.8) is 0 Å². The number of hydrogen-bond donors (Lipinski definition) is 1. The van der Waals surface area contributed by atoms with Crippen molar-refractivity contribution in [1.29, 1.82) is 0 Å². The molecular formula is C21H27N4O3S+. The lowest BCUT2D eigenvalue weighted by Crippen LogP contribution is -3.06. The van der Waals surface area contributed by atoms with Crippen LogP contribution < -0.4 is 4.90 Å². The van der Waals surface area contributed by atoms with Crippen LogP contribution in [0.5, 0.6) is 0 Å². The third-order valence-corrected chi connectivity index (χ3v) is 7.32. The Morgan fingerprint density at radius 1 is 1.21 bits per heavy atom. The minimum atomic E-state index is -2.94. The van der Waals surface area contributed by atoms with E-state index in [9.17, 15) is 8.42 Å². The number of oxazole rings is 1. The summed E-state index contributed by atoms with van der Waals surface area (Å²) < 4.78 is 31.5. The molecule has 1 aliphatic rings.